The molecule has 0 bridgehead atoms. The van der Waals surface area contributed by atoms with Crippen molar-refractivity contribution in [3.63, 3.8) is 0 Å². The third-order valence-electron chi connectivity index (χ3n) is 3.83. The van der Waals surface area contributed by atoms with Crippen LogP contribution in [0.3, 0.4) is 0 Å². The second-order valence-corrected chi connectivity index (χ2v) is 5.52. The minimum absolute atomic E-state index is 0.0404. The molecule has 1 unspecified atom stereocenters. The molecule has 1 aromatic carbocycles. The van der Waals surface area contributed by atoms with E-state index in [2.05, 4.69) is 0 Å². The van der Waals surface area contributed by atoms with Gasteiger partial charge >= 0.3 is 6.09 Å². The number of amides is 2. The third kappa shape index (κ3) is 4.82. The van der Waals surface area contributed by atoms with Crippen LogP contribution in [-0.2, 0) is 9.53 Å². The molecule has 1 atom stereocenters. The minimum Gasteiger partial charge on any atom is -0.481 e. The van der Waals surface area contributed by atoms with Gasteiger partial charge in [-0.15, -0.1) is 0 Å². The second-order valence-electron chi connectivity index (χ2n) is 5.52. The van der Waals surface area contributed by atoms with Crippen LogP contribution in [0.25, 0.3) is 0 Å². The normalized spacial score (nSPS) is 15.4. The van der Waals surface area contributed by atoms with Gasteiger partial charge in [-0.1, -0.05) is 0 Å². The van der Waals surface area contributed by atoms with Crippen molar-refractivity contribution in [2.24, 2.45) is 0 Å². The van der Waals surface area contributed by atoms with Crippen molar-refractivity contribution < 1.29 is 24.0 Å². The monoisotopic (exact) mass is 351 g/mol. The molecular weight excluding hydrogens is 330 g/mol. The molecule has 0 aliphatic carbocycles. The highest BCUT2D eigenvalue weighted by Gasteiger charge is 2.28. The lowest BCUT2D eigenvalue weighted by Gasteiger charge is -2.35. The van der Waals surface area contributed by atoms with Gasteiger partial charge in [0.15, 0.2) is 6.10 Å². The molecule has 0 spiro atoms. The number of hydrogen-bond donors (Lipinski definition) is 0. The molecule has 9 heteroatoms. The highest BCUT2D eigenvalue weighted by atomic mass is 16.6. The summed E-state index contributed by atoms with van der Waals surface area (Å²) in [4.78, 5) is 37.4. The Morgan fingerprint density at radius 1 is 1.16 bits per heavy atom. The number of nitro groups is 1. The van der Waals surface area contributed by atoms with Crippen LogP contribution in [0.1, 0.15) is 13.8 Å². The molecule has 1 fully saturated rings. The SMILES string of the molecule is CCOC(=O)N1CCN(C(=O)C(C)Oc2ccc([N+](=O)[O-])cc2)CC1. The zero-order chi connectivity index (χ0) is 18.4. The van der Waals surface area contributed by atoms with Crippen LogP contribution >= 0.6 is 0 Å². The lowest BCUT2D eigenvalue weighted by Crippen LogP contribution is -2.53. The summed E-state index contributed by atoms with van der Waals surface area (Å²) in [7, 11) is 0. The van der Waals surface area contributed by atoms with Gasteiger partial charge in [-0.05, 0) is 26.0 Å². The molecule has 1 saturated heterocycles. The van der Waals surface area contributed by atoms with Gasteiger partial charge in [-0.2, -0.15) is 0 Å². The van der Waals surface area contributed by atoms with Crippen LogP contribution in [0.15, 0.2) is 24.3 Å². The number of carbonyl (C=O) groups excluding carboxylic acids is 2. The number of hydrogen-bond acceptors (Lipinski definition) is 6. The van der Waals surface area contributed by atoms with Crippen LogP contribution in [0, 0.1) is 10.1 Å². The van der Waals surface area contributed by atoms with E-state index in [1.807, 2.05) is 0 Å². The molecule has 1 aliphatic rings. The van der Waals surface area contributed by atoms with Gasteiger partial charge < -0.3 is 19.3 Å². The molecule has 2 amide bonds. The molecule has 0 radical (unpaired) electrons. The Labute approximate surface area is 145 Å². The molecular formula is C16H21N3O6. The van der Waals surface area contributed by atoms with E-state index in [1.54, 1.807) is 23.6 Å². The summed E-state index contributed by atoms with van der Waals surface area (Å²) in [6, 6.07) is 5.57. The van der Waals surface area contributed by atoms with Crippen molar-refractivity contribution in [3.05, 3.63) is 34.4 Å². The topological polar surface area (TPSA) is 102 Å². The number of ether oxygens (including phenoxy) is 2. The van der Waals surface area contributed by atoms with Gasteiger partial charge in [0.25, 0.3) is 11.6 Å². The van der Waals surface area contributed by atoms with Crippen LogP contribution in [-0.4, -0.2) is 65.6 Å². The lowest BCUT2D eigenvalue weighted by atomic mass is 10.2. The van der Waals surface area contributed by atoms with E-state index >= 15 is 0 Å². The molecule has 1 aromatic rings. The van der Waals surface area contributed by atoms with Crippen molar-refractivity contribution in [3.8, 4) is 5.75 Å². The molecule has 25 heavy (non-hydrogen) atoms. The Hall–Kier alpha value is -2.84. The second kappa shape index (κ2) is 8.32. The number of benzene rings is 1. The predicted octanol–water partition coefficient (Wildman–Crippen LogP) is 1.66. The summed E-state index contributed by atoms with van der Waals surface area (Å²) in [5.74, 6) is 0.193. The van der Waals surface area contributed by atoms with Gasteiger partial charge in [0.05, 0.1) is 11.5 Å². The highest BCUT2D eigenvalue weighted by molar-refractivity contribution is 5.81. The first-order valence-corrected chi connectivity index (χ1v) is 8.04. The number of nitro benzene ring substituents is 1. The van der Waals surface area contributed by atoms with E-state index in [0.717, 1.165) is 0 Å². The first kappa shape index (κ1) is 18.5. The maximum absolute atomic E-state index is 12.4. The van der Waals surface area contributed by atoms with Crippen LogP contribution in [0.4, 0.5) is 10.5 Å². The molecule has 1 heterocycles. The molecule has 0 saturated carbocycles. The maximum atomic E-state index is 12.4. The zero-order valence-corrected chi connectivity index (χ0v) is 14.2. The average Bonchev–Trinajstić information content (AvgIpc) is 2.61. The Morgan fingerprint density at radius 2 is 1.72 bits per heavy atom. The van der Waals surface area contributed by atoms with Crippen molar-refractivity contribution in [2.45, 2.75) is 20.0 Å². The van der Waals surface area contributed by atoms with Crippen LogP contribution in [0.5, 0.6) is 5.75 Å². The molecule has 1 aliphatic heterocycles. The van der Waals surface area contributed by atoms with Crippen molar-refractivity contribution in [2.75, 3.05) is 32.8 Å². The molecule has 9 nitrogen and oxygen atoms in total. The smallest absolute Gasteiger partial charge is 0.409 e. The van der Waals surface area contributed by atoms with Gasteiger partial charge in [0.1, 0.15) is 5.75 Å². The summed E-state index contributed by atoms with van der Waals surface area (Å²) in [6.07, 6.45) is -1.10. The number of nitrogens with zero attached hydrogens (tertiary/aromatic N) is 3. The minimum atomic E-state index is -0.726. The van der Waals surface area contributed by atoms with E-state index in [-0.39, 0.29) is 17.7 Å². The standard InChI is InChI=1S/C16H21N3O6/c1-3-24-16(21)18-10-8-17(9-11-18)15(20)12(2)25-14-6-4-13(5-7-14)19(22)23/h4-7,12H,3,8-11H2,1-2H3. The maximum Gasteiger partial charge on any atom is 0.409 e. The Morgan fingerprint density at radius 3 is 2.24 bits per heavy atom. The molecule has 0 N–H and O–H groups in total. The Balaban J connectivity index is 1.86. The molecule has 0 aromatic heterocycles. The fourth-order valence-electron chi connectivity index (χ4n) is 2.48. The number of non-ortho nitro benzene ring substituents is 1. The van der Waals surface area contributed by atoms with Crippen molar-refractivity contribution in [1.29, 1.82) is 0 Å². The van der Waals surface area contributed by atoms with Crippen LogP contribution < -0.4 is 4.74 Å². The zero-order valence-electron chi connectivity index (χ0n) is 14.2. The number of piperazine rings is 1. The van der Waals surface area contributed by atoms with E-state index in [4.69, 9.17) is 9.47 Å². The first-order valence-electron chi connectivity index (χ1n) is 8.04. The fraction of sp³-hybridized carbons (Fsp3) is 0.500. The molecule has 2 rings (SSSR count). The third-order valence-corrected chi connectivity index (χ3v) is 3.83. The van der Waals surface area contributed by atoms with Gasteiger partial charge in [-0.3, -0.25) is 14.9 Å². The quantitative estimate of drug-likeness (QED) is 0.590. The highest BCUT2D eigenvalue weighted by Crippen LogP contribution is 2.19. The van der Waals surface area contributed by atoms with Gasteiger partial charge in [0.2, 0.25) is 0 Å². The van der Waals surface area contributed by atoms with Gasteiger partial charge in [-0.25, -0.2) is 4.79 Å². The number of rotatable bonds is 5. The van der Waals surface area contributed by atoms with E-state index < -0.39 is 11.0 Å². The summed E-state index contributed by atoms with van der Waals surface area (Å²) < 4.78 is 10.5. The predicted molar refractivity (Wildman–Crippen MR) is 88.4 cm³/mol. The Bertz CT molecular complexity index is 625. The molecule has 136 valence electrons. The summed E-state index contributed by atoms with van der Waals surface area (Å²) in [5.41, 5.74) is -0.0404. The lowest BCUT2D eigenvalue weighted by molar-refractivity contribution is -0.384. The largest absolute Gasteiger partial charge is 0.481 e. The van der Waals surface area contributed by atoms with Gasteiger partial charge in [0, 0.05) is 38.3 Å². The summed E-state index contributed by atoms with van der Waals surface area (Å²) >= 11 is 0. The average molecular weight is 351 g/mol. The van der Waals surface area contributed by atoms with Crippen molar-refractivity contribution >= 4 is 17.7 Å². The van der Waals surface area contributed by atoms with E-state index in [0.29, 0.717) is 38.5 Å². The van der Waals surface area contributed by atoms with E-state index in [9.17, 15) is 19.7 Å². The van der Waals surface area contributed by atoms with E-state index in [1.165, 1.54) is 24.3 Å². The fourth-order valence-corrected chi connectivity index (χ4v) is 2.48. The first-order chi connectivity index (χ1) is 11.9. The Kier molecular flexibility index (Phi) is 6.15. The summed E-state index contributed by atoms with van der Waals surface area (Å²) in [5, 5.41) is 10.6. The summed E-state index contributed by atoms with van der Waals surface area (Å²) in [6.45, 7) is 5.33. The van der Waals surface area contributed by atoms with Crippen LogP contribution in [0.2, 0.25) is 0 Å². The van der Waals surface area contributed by atoms with Crippen molar-refractivity contribution in [1.82, 2.24) is 9.80 Å². The number of carbonyl (C=O) groups is 2.